The Morgan fingerprint density at radius 2 is 2.08 bits per heavy atom. The summed E-state index contributed by atoms with van der Waals surface area (Å²) in [6, 6.07) is 1.68. The van der Waals surface area contributed by atoms with Crippen LogP contribution in [0.1, 0.15) is 0 Å². The van der Waals surface area contributed by atoms with Crippen LogP contribution in [0, 0.1) is 5.95 Å². The maximum Gasteiger partial charge on any atom is 0.282 e. The average Bonchev–Trinajstić information content (AvgIpc) is 1.92. The monoisotopic (exact) mass is 211 g/mol. The predicted octanol–water partition coefficient (Wildman–Crippen LogP) is 0.854. The molecule has 66 valence electrons. The Kier molecular flexibility index (Phi) is 2.20. The van der Waals surface area contributed by atoms with Crippen molar-refractivity contribution < 1.29 is 17.9 Å². The molecule has 1 heterocycles. The zero-order chi connectivity index (χ0) is 9.35. The van der Waals surface area contributed by atoms with Gasteiger partial charge in [-0.05, 0) is 12.1 Å². The summed E-state index contributed by atoms with van der Waals surface area (Å²) in [5.41, 5.74) is 0. The molecule has 0 amide bonds. The molecule has 1 rings (SSSR count). The highest BCUT2D eigenvalue weighted by atomic mass is 35.7. The van der Waals surface area contributed by atoms with Crippen LogP contribution < -0.4 is 0 Å². The second kappa shape index (κ2) is 2.87. The Balaban J connectivity index is 3.43. The molecule has 0 unspecified atom stereocenters. The summed E-state index contributed by atoms with van der Waals surface area (Å²) in [5.74, 6) is -1.70. The zero-order valence-corrected chi connectivity index (χ0v) is 7.10. The van der Waals surface area contributed by atoms with Crippen molar-refractivity contribution in [3.05, 3.63) is 18.1 Å². The number of aromatic hydroxyl groups is 1. The second-order valence-electron chi connectivity index (χ2n) is 1.90. The van der Waals surface area contributed by atoms with Crippen LogP contribution in [-0.4, -0.2) is 18.5 Å². The number of rotatable bonds is 1. The molecule has 0 bridgehead atoms. The molecule has 4 nitrogen and oxygen atoms in total. The molecule has 1 aromatic rings. The van der Waals surface area contributed by atoms with Gasteiger partial charge in [-0.15, -0.1) is 0 Å². The third kappa shape index (κ3) is 1.83. The molecule has 0 aliphatic carbocycles. The van der Waals surface area contributed by atoms with Crippen molar-refractivity contribution in [3.63, 3.8) is 0 Å². The standard InChI is InChI=1S/C5H3ClFNO3S/c6-12(10,11)5-3(9)1-2-4(7)8-5/h1-2,9H. The van der Waals surface area contributed by atoms with Crippen molar-refractivity contribution in [2.24, 2.45) is 0 Å². The summed E-state index contributed by atoms with van der Waals surface area (Å²) in [6.45, 7) is 0. The Morgan fingerprint density at radius 1 is 1.50 bits per heavy atom. The lowest BCUT2D eigenvalue weighted by molar-refractivity contribution is 0.443. The molecule has 1 aromatic heterocycles. The Morgan fingerprint density at radius 3 is 2.50 bits per heavy atom. The predicted molar refractivity (Wildman–Crippen MR) is 38.9 cm³/mol. The molecule has 0 fully saturated rings. The van der Waals surface area contributed by atoms with E-state index in [9.17, 15) is 12.8 Å². The van der Waals surface area contributed by atoms with Gasteiger partial charge in [-0.3, -0.25) is 0 Å². The second-order valence-corrected chi connectivity index (χ2v) is 4.38. The van der Waals surface area contributed by atoms with Gasteiger partial charge in [-0.1, -0.05) is 0 Å². The Bertz CT molecular complexity index is 405. The van der Waals surface area contributed by atoms with Crippen LogP contribution >= 0.6 is 10.7 Å². The van der Waals surface area contributed by atoms with Crippen molar-refractivity contribution in [1.29, 1.82) is 0 Å². The molecule has 0 aliphatic heterocycles. The third-order valence-electron chi connectivity index (χ3n) is 1.04. The van der Waals surface area contributed by atoms with E-state index in [1.807, 2.05) is 0 Å². The van der Waals surface area contributed by atoms with Crippen LogP contribution in [-0.2, 0) is 9.05 Å². The van der Waals surface area contributed by atoms with Crippen molar-refractivity contribution in [1.82, 2.24) is 4.98 Å². The first kappa shape index (κ1) is 9.21. The molecular formula is C5H3ClFNO3S. The van der Waals surface area contributed by atoms with E-state index >= 15 is 0 Å². The van der Waals surface area contributed by atoms with E-state index in [1.165, 1.54) is 0 Å². The van der Waals surface area contributed by atoms with Crippen molar-refractivity contribution in [3.8, 4) is 5.75 Å². The van der Waals surface area contributed by atoms with Gasteiger partial charge in [0.2, 0.25) is 11.0 Å². The minimum absolute atomic E-state index is 0.675. The number of nitrogens with zero attached hydrogens (tertiary/aromatic N) is 1. The van der Waals surface area contributed by atoms with Gasteiger partial charge < -0.3 is 5.11 Å². The fourth-order valence-corrected chi connectivity index (χ4v) is 1.44. The Hall–Kier alpha value is -0.880. The highest BCUT2D eigenvalue weighted by Crippen LogP contribution is 2.22. The minimum Gasteiger partial charge on any atom is -0.505 e. The van der Waals surface area contributed by atoms with Crippen LogP contribution in [0.15, 0.2) is 17.2 Å². The van der Waals surface area contributed by atoms with E-state index in [2.05, 4.69) is 4.98 Å². The lowest BCUT2D eigenvalue weighted by Gasteiger charge is -1.97. The first-order chi connectivity index (χ1) is 5.41. The lowest BCUT2D eigenvalue weighted by atomic mass is 10.5. The minimum atomic E-state index is -4.18. The number of pyridine rings is 1. The fraction of sp³-hybridized carbons (Fsp3) is 0. The molecule has 1 N–H and O–H groups in total. The first-order valence-corrected chi connectivity index (χ1v) is 5.02. The SMILES string of the molecule is O=S(=O)(Cl)c1nc(F)ccc1O. The lowest BCUT2D eigenvalue weighted by Crippen LogP contribution is -1.97. The van der Waals surface area contributed by atoms with E-state index in [1.54, 1.807) is 0 Å². The first-order valence-electron chi connectivity index (χ1n) is 2.71. The van der Waals surface area contributed by atoms with E-state index < -0.39 is 25.8 Å². The molecule has 0 saturated heterocycles. The van der Waals surface area contributed by atoms with Crippen LogP contribution in [0.4, 0.5) is 4.39 Å². The summed E-state index contributed by atoms with van der Waals surface area (Å²) in [4.78, 5) is 2.91. The smallest absolute Gasteiger partial charge is 0.282 e. The van der Waals surface area contributed by atoms with Crippen molar-refractivity contribution in [2.75, 3.05) is 0 Å². The van der Waals surface area contributed by atoms with Gasteiger partial charge in [0.1, 0.15) is 0 Å². The molecule has 0 aromatic carbocycles. The molecule has 7 heteroatoms. The van der Waals surface area contributed by atoms with E-state index in [-0.39, 0.29) is 0 Å². The summed E-state index contributed by atoms with van der Waals surface area (Å²) in [5, 5.41) is 8.01. The fourth-order valence-electron chi connectivity index (χ4n) is 0.590. The van der Waals surface area contributed by atoms with Gasteiger partial charge in [0.15, 0.2) is 5.75 Å². The largest absolute Gasteiger partial charge is 0.505 e. The van der Waals surface area contributed by atoms with E-state index in [0.717, 1.165) is 12.1 Å². The van der Waals surface area contributed by atoms with Gasteiger partial charge in [-0.2, -0.15) is 4.39 Å². The highest BCUT2D eigenvalue weighted by Gasteiger charge is 2.17. The molecule has 0 atom stereocenters. The molecule has 0 saturated carbocycles. The average molecular weight is 212 g/mol. The molecule has 0 aliphatic rings. The van der Waals surface area contributed by atoms with E-state index in [4.69, 9.17) is 15.8 Å². The molecular weight excluding hydrogens is 209 g/mol. The topological polar surface area (TPSA) is 67.3 Å². The van der Waals surface area contributed by atoms with Gasteiger partial charge >= 0.3 is 0 Å². The van der Waals surface area contributed by atoms with Gasteiger partial charge in [0, 0.05) is 10.7 Å². The zero-order valence-electron chi connectivity index (χ0n) is 5.53. The van der Waals surface area contributed by atoms with Crippen molar-refractivity contribution >= 4 is 19.7 Å². The maximum atomic E-state index is 12.3. The number of hydrogen-bond acceptors (Lipinski definition) is 4. The van der Waals surface area contributed by atoms with Gasteiger partial charge in [0.05, 0.1) is 0 Å². The Labute approximate surface area is 72.0 Å². The number of halogens is 2. The van der Waals surface area contributed by atoms with Crippen LogP contribution in [0.2, 0.25) is 0 Å². The summed E-state index contributed by atoms with van der Waals surface area (Å²) >= 11 is 0. The summed E-state index contributed by atoms with van der Waals surface area (Å²) in [6.07, 6.45) is 0. The highest BCUT2D eigenvalue weighted by molar-refractivity contribution is 8.13. The number of hydrogen-bond donors (Lipinski definition) is 1. The van der Waals surface area contributed by atoms with Crippen molar-refractivity contribution in [2.45, 2.75) is 5.03 Å². The molecule has 12 heavy (non-hydrogen) atoms. The van der Waals surface area contributed by atoms with Crippen LogP contribution in [0.3, 0.4) is 0 Å². The third-order valence-corrected chi connectivity index (χ3v) is 2.24. The normalized spacial score (nSPS) is 11.5. The van der Waals surface area contributed by atoms with Crippen LogP contribution in [0.5, 0.6) is 5.75 Å². The maximum absolute atomic E-state index is 12.3. The number of aromatic nitrogens is 1. The van der Waals surface area contributed by atoms with Gasteiger partial charge in [-0.25, -0.2) is 13.4 Å². The van der Waals surface area contributed by atoms with Crippen LogP contribution in [0.25, 0.3) is 0 Å². The van der Waals surface area contributed by atoms with Gasteiger partial charge in [0.25, 0.3) is 9.05 Å². The molecule has 0 spiro atoms. The molecule has 0 radical (unpaired) electrons. The summed E-state index contributed by atoms with van der Waals surface area (Å²) in [7, 11) is 0.634. The quantitative estimate of drug-likeness (QED) is 0.553. The summed E-state index contributed by atoms with van der Waals surface area (Å²) < 4.78 is 33.5. The van der Waals surface area contributed by atoms with E-state index in [0.29, 0.717) is 0 Å².